The van der Waals surface area contributed by atoms with Gasteiger partial charge in [-0.2, -0.15) is 4.98 Å². The molecule has 3 N–H and O–H groups in total. The topological polar surface area (TPSA) is 118 Å². The van der Waals surface area contributed by atoms with E-state index < -0.39 is 43.1 Å². The van der Waals surface area contributed by atoms with Crippen molar-refractivity contribution < 1.29 is 42.5 Å². The van der Waals surface area contributed by atoms with Gasteiger partial charge in [-0.1, -0.05) is 17.3 Å². The lowest BCUT2D eigenvalue weighted by Gasteiger charge is -2.11. The maximum atomic E-state index is 12.5. The Labute approximate surface area is 138 Å². The number of halogens is 3. The highest BCUT2D eigenvalue weighted by Gasteiger charge is 2.46. The van der Waals surface area contributed by atoms with Crippen LogP contribution in [0.1, 0.15) is 12.0 Å². The standard InChI is InChI=1S/C14H13F3N2O6/c15-14(16,17)24-7-4-2-1-3-6(7)12-18-13(25-19-12)11-10(22)9(21)8(5-20)23-11/h1-4,8-11,20-22H,5H2/t8-,9-,10-,11-/m1/s1. The highest BCUT2D eigenvalue weighted by Crippen LogP contribution is 2.36. The molecule has 0 saturated carbocycles. The SMILES string of the molecule is OC[C@H]1O[C@@H](c2nc(-c3ccccc3OC(F)(F)F)no2)[C@H](O)[C@@H]1O. The van der Waals surface area contributed by atoms with Gasteiger partial charge in [0.1, 0.15) is 24.1 Å². The van der Waals surface area contributed by atoms with Gasteiger partial charge in [-0.05, 0) is 12.1 Å². The maximum Gasteiger partial charge on any atom is 0.573 e. The molecular formula is C14H13F3N2O6. The first-order chi connectivity index (χ1) is 11.8. The Balaban J connectivity index is 1.88. The van der Waals surface area contributed by atoms with E-state index in [1.165, 1.54) is 18.2 Å². The monoisotopic (exact) mass is 362 g/mol. The zero-order valence-electron chi connectivity index (χ0n) is 12.4. The number of aliphatic hydroxyl groups is 3. The van der Waals surface area contributed by atoms with E-state index in [0.29, 0.717) is 0 Å². The number of hydrogen-bond donors (Lipinski definition) is 3. The van der Waals surface area contributed by atoms with Crippen LogP contribution in [0.2, 0.25) is 0 Å². The molecule has 0 amide bonds. The lowest BCUT2D eigenvalue weighted by molar-refractivity contribution is -0.274. The number of aliphatic hydroxyl groups excluding tert-OH is 3. The molecule has 0 bridgehead atoms. The molecule has 1 aliphatic rings. The Morgan fingerprint density at radius 2 is 1.88 bits per heavy atom. The lowest BCUT2D eigenvalue weighted by Crippen LogP contribution is -2.32. The van der Waals surface area contributed by atoms with Crippen LogP contribution in [0.25, 0.3) is 11.4 Å². The van der Waals surface area contributed by atoms with Gasteiger partial charge in [-0.15, -0.1) is 13.2 Å². The molecule has 136 valence electrons. The lowest BCUT2D eigenvalue weighted by atomic mass is 10.1. The Bertz CT molecular complexity index is 737. The molecule has 1 aromatic carbocycles. The predicted molar refractivity (Wildman–Crippen MR) is 73.1 cm³/mol. The Morgan fingerprint density at radius 1 is 1.16 bits per heavy atom. The minimum absolute atomic E-state index is 0.0819. The van der Waals surface area contributed by atoms with Crippen LogP contribution in [-0.4, -0.2) is 56.7 Å². The van der Waals surface area contributed by atoms with Crippen LogP contribution in [0.4, 0.5) is 13.2 Å². The molecule has 3 rings (SSSR count). The van der Waals surface area contributed by atoms with Gasteiger partial charge in [0.25, 0.3) is 5.89 Å². The molecule has 11 heteroatoms. The number of benzene rings is 1. The van der Waals surface area contributed by atoms with Crippen molar-refractivity contribution in [1.82, 2.24) is 10.1 Å². The summed E-state index contributed by atoms with van der Waals surface area (Å²) in [4.78, 5) is 3.90. The first kappa shape index (κ1) is 17.6. The molecule has 0 radical (unpaired) electrons. The number of hydrogen-bond acceptors (Lipinski definition) is 8. The van der Waals surface area contributed by atoms with Crippen molar-refractivity contribution in [2.45, 2.75) is 30.8 Å². The fourth-order valence-electron chi connectivity index (χ4n) is 2.43. The smallest absolute Gasteiger partial charge is 0.405 e. The average Bonchev–Trinajstić information content (AvgIpc) is 3.13. The van der Waals surface area contributed by atoms with E-state index in [-0.39, 0.29) is 17.3 Å². The first-order valence-electron chi connectivity index (χ1n) is 7.11. The van der Waals surface area contributed by atoms with Crippen LogP contribution in [0, 0.1) is 0 Å². The van der Waals surface area contributed by atoms with Crippen molar-refractivity contribution in [2.24, 2.45) is 0 Å². The second-order valence-corrected chi connectivity index (χ2v) is 5.26. The van der Waals surface area contributed by atoms with Crippen molar-refractivity contribution in [3.8, 4) is 17.1 Å². The first-order valence-corrected chi connectivity index (χ1v) is 7.11. The summed E-state index contributed by atoms with van der Waals surface area (Å²) >= 11 is 0. The van der Waals surface area contributed by atoms with Gasteiger partial charge in [-0.25, -0.2) is 0 Å². The van der Waals surface area contributed by atoms with Crippen LogP contribution in [0.15, 0.2) is 28.8 Å². The molecule has 0 spiro atoms. The molecule has 2 heterocycles. The van der Waals surface area contributed by atoms with Gasteiger partial charge < -0.3 is 29.3 Å². The summed E-state index contributed by atoms with van der Waals surface area (Å²) in [6, 6.07) is 5.19. The molecule has 8 nitrogen and oxygen atoms in total. The summed E-state index contributed by atoms with van der Waals surface area (Å²) in [5.41, 5.74) is -0.0819. The van der Waals surface area contributed by atoms with E-state index in [0.717, 1.165) is 6.07 Å². The number of alkyl halides is 3. The highest BCUT2D eigenvalue weighted by molar-refractivity contribution is 5.63. The largest absolute Gasteiger partial charge is 0.573 e. The van der Waals surface area contributed by atoms with E-state index in [9.17, 15) is 23.4 Å². The third-order valence-corrected chi connectivity index (χ3v) is 3.58. The summed E-state index contributed by atoms with van der Waals surface area (Å²) in [5, 5.41) is 32.3. The van der Waals surface area contributed by atoms with Crippen molar-refractivity contribution in [2.75, 3.05) is 6.61 Å². The number of aromatic nitrogens is 2. The van der Waals surface area contributed by atoms with Crippen LogP contribution in [-0.2, 0) is 4.74 Å². The Kier molecular flexibility index (Phi) is 4.64. The molecule has 1 aromatic heterocycles. The molecule has 0 aliphatic carbocycles. The maximum absolute atomic E-state index is 12.5. The normalized spacial score (nSPS) is 26.8. The van der Waals surface area contributed by atoms with Crippen molar-refractivity contribution in [3.05, 3.63) is 30.2 Å². The van der Waals surface area contributed by atoms with Gasteiger partial charge in [0, 0.05) is 0 Å². The fraction of sp³-hybridized carbons (Fsp3) is 0.429. The zero-order chi connectivity index (χ0) is 18.2. The highest BCUT2D eigenvalue weighted by atomic mass is 19.4. The third kappa shape index (κ3) is 3.58. The summed E-state index contributed by atoms with van der Waals surface area (Å²) in [7, 11) is 0. The van der Waals surface area contributed by atoms with Gasteiger partial charge in [0.2, 0.25) is 5.82 Å². The third-order valence-electron chi connectivity index (χ3n) is 3.58. The molecule has 1 aliphatic heterocycles. The van der Waals surface area contributed by atoms with Gasteiger partial charge >= 0.3 is 6.36 Å². The molecular weight excluding hydrogens is 349 g/mol. The summed E-state index contributed by atoms with van der Waals surface area (Å²) in [5.74, 6) is -0.990. The molecule has 1 fully saturated rings. The van der Waals surface area contributed by atoms with Crippen LogP contribution >= 0.6 is 0 Å². The fourth-order valence-corrected chi connectivity index (χ4v) is 2.43. The second-order valence-electron chi connectivity index (χ2n) is 5.26. The molecule has 1 saturated heterocycles. The number of nitrogens with zero attached hydrogens (tertiary/aromatic N) is 2. The number of para-hydroxylation sites is 1. The number of ether oxygens (including phenoxy) is 2. The van der Waals surface area contributed by atoms with Gasteiger partial charge in [-0.3, -0.25) is 0 Å². The van der Waals surface area contributed by atoms with Crippen LogP contribution in [0.5, 0.6) is 5.75 Å². The van der Waals surface area contributed by atoms with Crippen molar-refractivity contribution in [3.63, 3.8) is 0 Å². The Morgan fingerprint density at radius 3 is 2.52 bits per heavy atom. The zero-order valence-corrected chi connectivity index (χ0v) is 12.4. The molecule has 25 heavy (non-hydrogen) atoms. The van der Waals surface area contributed by atoms with E-state index in [1.54, 1.807) is 0 Å². The number of rotatable bonds is 4. The second kappa shape index (κ2) is 6.59. The van der Waals surface area contributed by atoms with E-state index in [1.807, 2.05) is 0 Å². The van der Waals surface area contributed by atoms with E-state index in [2.05, 4.69) is 14.9 Å². The van der Waals surface area contributed by atoms with Crippen molar-refractivity contribution >= 4 is 0 Å². The van der Waals surface area contributed by atoms with Gasteiger partial charge in [0.15, 0.2) is 6.10 Å². The van der Waals surface area contributed by atoms with Crippen LogP contribution < -0.4 is 4.74 Å². The summed E-state index contributed by atoms with van der Waals surface area (Å²) in [6.45, 7) is -0.544. The minimum atomic E-state index is -4.90. The summed E-state index contributed by atoms with van der Waals surface area (Å²) < 4.78 is 51.5. The van der Waals surface area contributed by atoms with E-state index in [4.69, 9.17) is 14.4 Å². The Hall–Kier alpha value is -2.21. The predicted octanol–water partition coefficient (Wildman–Crippen LogP) is 0.789. The molecule has 2 aromatic rings. The summed E-state index contributed by atoms with van der Waals surface area (Å²) in [6.07, 6.45) is -9.97. The van der Waals surface area contributed by atoms with Crippen molar-refractivity contribution in [1.29, 1.82) is 0 Å². The minimum Gasteiger partial charge on any atom is -0.405 e. The van der Waals surface area contributed by atoms with E-state index >= 15 is 0 Å². The molecule has 4 atom stereocenters. The van der Waals surface area contributed by atoms with Gasteiger partial charge in [0.05, 0.1) is 12.2 Å². The molecule has 0 unspecified atom stereocenters. The quantitative estimate of drug-likeness (QED) is 0.731. The van der Waals surface area contributed by atoms with Crippen LogP contribution in [0.3, 0.4) is 0 Å². The average molecular weight is 362 g/mol.